The number of hydrogen-bond acceptors (Lipinski definition) is 14. The zero-order chi connectivity index (χ0) is 32.2. The van der Waals surface area contributed by atoms with Crippen LogP contribution in [0.25, 0.3) is 0 Å². The number of benzene rings is 1. The number of amides is 2. The maximum atomic E-state index is 13.4. The number of thioether (sulfide) groups is 2. The van der Waals surface area contributed by atoms with Crippen LogP contribution in [0.4, 0.5) is 5.13 Å². The Morgan fingerprint density at radius 2 is 1.98 bits per heavy atom. The van der Waals surface area contributed by atoms with Crippen LogP contribution < -0.4 is 26.3 Å². The molecule has 18 heteroatoms. The zero-order valence-corrected chi connectivity index (χ0v) is 25.7. The largest absolute Gasteiger partial charge is 0.543 e. The third-order valence-corrected chi connectivity index (χ3v) is 9.76. The van der Waals surface area contributed by atoms with E-state index in [-0.39, 0.29) is 33.6 Å². The second-order valence-corrected chi connectivity index (χ2v) is 12.5. The number of aliphatic carboxylic acids is 2. The third-order valence-electron chi connectivity index (χ3n) is 6.65. The molecule has 6 N–H and O–H groups in total. The SMILES string of the molecule is CN[n+]1ccc(SCC2=C(C(=O)[O-])N3C(=O)[C@@H](NC(=O)/C(=N\O[C@H](C(=O)O)c4ccc(O)cc4)c4csc(N)n4)[C@H]3SC2)cc1. The van der Waals surface area contributed by atoms with Gasteiger partial charge in [-0.15, -0.1) is 34.9 Å². The van der Waals surface area contributed by atoms with Crippen LogP contribution in [0.5, 0.6) is 5.75 Å². The fourth-order valence-electron chi connectivity index (χ4n) is 4.42. The van der Waals surface area contributed by atoms with E-state index < -0.39 is 47.0 Å². The molecule has 0 unspecified atom stereocenters. The number of nitrogen functional groups attached to an aromatic ring is 1. The van der Waals surface area contributed by atoms with Gasteiger partial charge < -0.3 is 36.0 Å². The van der Waals surface area contributed by atoms with E-state index in [0.717, 1.165) is 21.1 Å². The highest BCUT2D eigenvalue weighted by Crippen LogP contribution is 2.41. The Balaban J connectivity index is 1.33. The van der Waals surface area contributed by atoms with E-state index >= 15 is 0 Å². The van der Waals surface area contributed by atoms with Crippen LogP contribution in [0.1, 0.15) is 17.4 Å². The Labute approximate surface area is 267 Å². The summed E-state index contributed by atoms with van der Waals surface area (Å²) in [6.45, 7) is 0. The number of carboxylic acid groups (broad SMARTS) is 2. The summed E-state index contributed by atoms with van der Waals surface area (Å²) in [7, 11) is 1.77. The number of aromatic hydroxyl groups is 1. The van der Waals surface area contributed by atoms with Gasteiger partial charge in [0.25, 0.3) is 11.8 Å². The lowest BCUT2D eigenvalue weighted by atomic mass is 10.0. The number of fused-ring (bicyclic) bond motifs is 1. The van der Waals surface area contributed by atoms with Crippen LogP contribution in [0, 0.1) is 0 Å². The predicted octanol–water partition coefficient (Wildman–Crippen LogP) is -0.365. The number of nitrogens with one attached hydrogen (secondary N) is 2. The van der Waals surface area contributed by atoms with E-state index in [1.807, 2.05) is 24.5 Å². The number of carbonyl (C=O) groups excluding carboxylic acids is 3. The first kappa shape index (κ1) is 31.6. The number of phenolic OH excluding ortho intramolecular Hbond substituents is 1. The molecule has 1 fully saturated rings. The van der Waals surface area contributed by atoms with Gasteiger partial charge in [0.15, 0.2) is 10.8 Å². The first-order chi connectivity index (χ1) is 21.6. The predicted molar refractivity (Wildman–Crippen MR) is 162 cm³/mol. The average Bonchev–Trinajstić information content (AvgIpc) is 3.46. The molecule has 2 amide bonds. The maximum Gasteiger partial charge on any atom is 0.352 e. The number of nitrogens with zero attached hydrogens (tertiary/aromatic N) is 4. The zero-order valence-electron chi connectivity index (χ0n) is 23.3. The Hall–Kier alpha value is -4.81. The monoisotopic (exact) mass is 671 g/mol. The summed E-state index contributed by atoms with van der Waals surface area (Å²) in [6.07, 6.45) is 1.98. The molecule has 0 spiro atoms. The molecule has 2 aliphatic rings. The molecule has 4 heterocycles. The number of anilines is 1. The number of hydrogen-bond donors (Lipinski definition) is 5. The van der Waals surface area contributed by atoms with E-state index in [1.54, 1.807) is 11.7 Å². The van der Waals surface area contributed by atoms with E-state index in [4.69, 9.17) is 10.6 Å². The molecule has 2 aliphatic heterocycles. The van der Waals surface area contributed by atoms with Crippen molar-refractivity contribution in [1.29, 1.82) is 0 Å². The van der Waals surface area contributed by atoms with Crippen LogP contribution in [0.2, 0.25) is 0 Å². The highest BCUT2D eigenvalue weighted by atomic mass is 32.2. The van der Waals surface area contributed by atoms with Gasteiger partial charge in [-0.3, -0.25) is 14.5 Å². The summed E-state index contributed by atoms with van der Waals surface area (Å²) >= 11 is 3.69. The maximum absolute atomic E-state index is 13.4. The molecule has 0 aliphatic carbocycles. The highest BCUT2D eigenvalue weighted by Gasteiger charge is 2.53. The minimum atomic E-state index is -1.65. The van der Waals surface area contributed by atoms with Crippen LogP contribution in [-0.4, -0.2) is 79.5 Å². The van der Waals surface area contributed by atoms with Gasteiger partial charge in [0.05, 0.1) is 18.7 Å². The summed E-state index contributed by atoms with van der Waals surface area (Å²) in [4.78, 5) is 62.0. The first-order valence-corrected chi connectivity index (χ1v) is 16.0. The highest BCUT2D eigenvalue weighted by molar-refractivity contribution is 8.01. The van der Waals surface area contributed by atoms with E-state index in [2.05, 4.69) is 20.9 Å². The van der Waals surface area contributed by atoms with E-state index in [9.17, 15) is 34.5 Å². The van der Waals surface area contributed by atoms with Crippen molar-refractivity contribution in [3.8, 4) is 5.75 Å². The lowest BCUT2D eigenvalue weighted by Crippen LogP contribution is -2.71. The Morgan fingerprint density at radius 1 is 1.27 bits per heavy atom. The molecular formula is C27H25N7O8S3. The minimum absolute atomic E-state index is 0.0273. The average molecular weight is 672 g/mol. The molecule has 3 atom stereocenters. The molecule has 0 radical (unpaired) electrons. The quantitative estimate of drug-likeness (QED) is 0.0546. The van der Waals surface area contributed by atoms with Crippen LogP contribution >= 0.6 is 34.9 Å². The molecule has 5 rings (SSSR count). The van der Waals surface area contributed by atoms with E-state index in [1.165, 1.54) is 53.2 Å². The number of carbonyl (C=O) groups is 4. The summed E-state index contributed by atoms with van der Waals surface area (Å²) in [5, 5.41) is 38.5. The van der Waals surface area contributed by atoms with Crippen molar-refractivity contribution in [2.45, 2.75) is 22.4 Å². The number of oxime groups is 1. The third kappa shape index (κ3) is 6.81. The van der Waals surface area contributed by atoms with Crippen molar-refractivity contribution in [1.82, 2.24) is 15.2 Å². The molecule has 234 valence electrons. The number of phenols is 1. The lowest BCUT2D eigenvalue weighted by Gasteiger charge is -2.50. The van der Waals surface area contributed by atoms with E-state index in [0.29, 0.717) is 11.3 Å². The van der Waals surface area contributed by atoms with Crippen molar-refractivity contribution in [2.24, 2.45) is 5.16 Å². The Kier molecular flexibility index (Phi) is 9.45. The van der Waals surface area contributed by atoms with Crippen LogP contribution in [0.15, 0.2) is 75.5 Å². The van der Waals surface area contributed by atoms with Gasteiger partial charge in [0.1, 0.15) is 22.9 Å². The molecule has 3 aromatic rings. The molecular weight excluding hydrogens is 647 g/mol. The van der Waals surface area contributed by atoms with Crippen molar-refractivity contribution in [3.05, 3.63) is 76.7 Å². The van der Waals surface area contributed by atoms with Gasteiger partial charge in [0.2, 0.25) is 18.5 Å². The van der Waals surface area contributed by atoms with Gasteiger partial charge >= 0.3 is 5.97 Å². The molecule has 1 saturated heterocycles. The molecule has 15 nitrogen and oxygen atoms in total. The minimum Gasteiger partial charge on any atom is -0.543 e. The number of aromatic nitrogens is 2. The first-order valence-electron chi connectivity index (χ1n) is 13.0. The summed E-state index contributed by atoms with van der Waals surface area (Å²) < 4.78 is 1.75. The molecule has 1 aromatic carbocycles. The van der Waals surface area contributed by atoms with Gasteiger partial charge in [-0.05, 0) is 17.7 Å². The van der Waals surface area contributed by atoms with Gasteiger partial charge in [-0.2, -0.15) is 5.43 Å². The van der Waals surface area contributed by atoms with Crippen LogP contribution in [-0.2, 0) is 24.0 Å². The molecule has 0 bridgehead atoms. The Bertz CT molecular complexity index is 1690. The summed E-state index contributed by atoms with van der Waals surface area (Å²) in [5.74, 6) is -4.02. The van der Waals surface area contributed by atoms with Crippen LogP contribution in [0.3, 0.4) is 0 Å². The Morgan fingerprint density at radius 3 is 2.58 bits per heavy atom. The fourth-order valence-corrected chi connectivity index (χ4v) is 7.34. The normalized spacial score (nSPS) is 18.5. The van der Waals surface area contributed by atoms with Crippen molar-refractivity contribution >= 4 is 69.5 Å². The molecule has 45 heavy (non-hydrogen) atoms. The van der Waals surface area contributed by atoms with Crippen molar-refractivity contribution < 1.29 is 44.0 Å². The second kappa shape index (κ2) is 13.4. The van der Waals surface area contributed by atoms with Gasteiger partial charge in [-0.25, -0.2) is 9.78 Å². The number of rotatable bonds is 12. The number of pyridine rings is 1. The summed E-state index contributed by atoms with van der Waals surface area (Å²) in [6, 6.07) is 7.78. The topological polar surface area (TPSA) is 223 Å². The smallest absolute Gasteiger partial charge is 0.352 e. The van der Waals surface area contributed by atoms with Gasteiger partial charge in [0, 0.05) is 39.5 Å². The van der Waals surface area contributed by atoms with Gasteiger partial charge in [-0.1, -0.05) is 22.0 Å². The number of thiazole rings is 1. The standard InChI is InChI=1S/C27H25N7O8S3/c1-29-33-8-6-16(7-9-33)43-10-14-11-44-24-19(23(37)34(24)20(14)25(38)39)31-22(36)18(17-12-45-27(28)30-17)32-42-21(26(40)41)13-2-4-15(35)5-3-13/h2-9,12,19,21,24,29H,10-11H2,1H3,(H5-,28,30,31,35,36,38,39,40,41)/b32-18-/t19-,21+,24-/m1/s1. The number of carboxylic acids is 2. The lowest BCUT2D eigenvalue weighted by molar-refractivity contribution is -0.647. The summed E-state index contributed by atoms with van der Waals surface area (Å²) in [5.41, 5.74) is 8.61. The van der Waals surface area contributed by atoms with Crippen molar-refractivity contribution in [2.75, 3.05) is 29.7 Å². The fraction of sp³-hybridized carbons (Fsp3) is 0.222. The molecule has 2 aromatic heterocycles. The molecule has 0 saturated carbocycles. The number of β-lactam (4-membered cyclic amide) rings is 1. The second-order valence-electron chi connectivity index (χ2n) is 9.48. The van der Waals surface area contributed by atoms with Crippen molar-refractivity contribution in [3.63, 3.8) is 0 Å². The number of nitrogens with two attached hydrogens (primary N) is 1.